The average molecular weight is 362 g/mol. The van der Waals surface area contributed by atoms with Gasteiger partial charge in [-0.2, -0.15) is 0 Å². The Morgan fingerprint density at radius 3 is 2.56 bits per heavy atom. The highest BCUT2D eigenvalue weighted by Gasteiger charge is 2.22. The van der Waals surface area contributed by atoms with Crippen LogP contribution in [0.2, 0.25) is 0 Å². The van der Waals surface area contributed by atoms with Crippen LogP contribution in [0, 0.1) is 5.92 Å². The number of rotatable bonds is 5. The summed E-state index contributed by atoms with van der Waals surface area (Å²) < 4.78 is 2.01. The fourth-order valence-corrected chi connectivity index (χ4v) is 3.64. The van der Waals surface area contributed by atoms with Crippen molar-refractivity contribution in [3.8, 4) is 0 Å². The Hall–Kier alpha value is -2.82. The summed E-state index contributed by atoms with van der Waals surface area (Å²) in [6.45, 7) is 4.99. The van der Waals surface area contributed by atoms with E-state index >= 15 is 0 Å². The largest absolute Gasteiger partial charge is 0.352 e. The highest BCUT2D eigenvalue weighted by atomic mass is 16.2. The molecule has 3 aromatic rings. The van der Waals surface area contributed by atoms with Crippen LogP contribution < -0.4 is 5.32 Å². The molecule has 4 rings (SSSR count). The number of carbonyl (C=O) groups excluding carboxylic acids is 1. The number of imidazole rings is 1. The molecule has 1 N–H and O–H groups in total. The van der Waals surface area contributed by atoms with Crippen molar-refractivity contribution in [1.82, 2.24) is 14.5 Å². The molecule has 0 radical (unpaired) electrons. The molecule has 1 aliphatic rings. The molecule has 2 heterocycles. The molecule has 5 heteroatoms. The summed E-state index contributed by atoms with van der Waals surface area (Å²) in [5.41, 5.74) is 3.09. The first-order valence-electron chi connectivity index (χ1n) is 9.71. The summed E-state index contributed by atoms with van der Waals surface area (Å²) in [6.07, 6.45) is 2.19. The fraction of sp³-hybridized carbons (Fsp3) is 0.364. The topological polar surface area (TPSA) is 50.2 Å². The van der Waals surface area contributed by atoms with Crippen LogP contribution in [0.4, 0.5) is 5.95 Å². The predicted molar refractivity (Wildman–Crippen MR) is 108 cm³/mol. The smallest absolute Gasteiger partial charge is 0.242 e. The fourth-order valence-electron chi connectivity index (χ4n) is 3.64. The number of amides is 1. The minimum Gasteiger partial charge on any atom is -0.352 e. The molecule has 1 saturated heterocycles. The van der Waals surface area contributed by atoms with E-state index in [1.165, 1.54) is 5.56 Å². The van der Waals surface area contributed by atoms with Gasteiger partial charge in [0, 0.05) is 19.6 Å². The van der Waals surface area contributed by atoms with Gasteiger partial charge in [0.05, 0.1) is 11.0 Å². The first kappa shape index (κ1) is 17.6. The number of hydrogen-bond acceptors (Lipinski definition) is 3. The van der Waals surface area contributed by atoms with E-state index in [0.29, 0.717) is 19.0 Å². The Labute approximate surface area is 160 Å². The monoisotopic (exact) mass is 362 g/mol. The molecule has 1 aromatic heterocycles. The van der Waals surface area contributed by atoms with Gasteiger partial charge in [0.15, 0.2) is 0 Å². The first-order valence-corrected chi connectivity index (χ1v) is 9.71. The van der Waals surface area contributed by atoms with Gasteiger partial charge >= 0.3 is 0 Å². The number of fused-ring (bicyclic) bond motifs is 1. The number of aromatic nitrogens is 2. The second kappa shape index (κ2) is 7.82. The Morgan fingerprint density at radius 2 is 1.78 bits per heavy atom. The van der Waals surface area contributed by atoms with Gasteiger partial charge in [-0.1, -0.05) is 49.4 Å². The second-order valence-electron chi connectivity index (χ2n) is 7.41. The molecule has 2 aromatic carbocycles. The standard InChI is InChI=1S/C22H26N4O/c1-17-11-13-25(14-12-17)21(27)16-26-20-10-6-5-9-19(20)24-22(26)23-15-18-7-3-2-4-8-18/h2-10,17H,11-16H2,1H3,(H,23,24). The second-order valence-corrected chi connectivity index (χ2v) is 7.41. The number of anilines is 1. The van der Waals surface area contributed by atoms with E-state index in [1.807, 2.05) is 51.9 Å². The van der Waals surface area contributed by atoms with Crippen molar-refractivity contribution in [3.63, 3.8) is 0 Å². The van der Waals surface area contributed by atoms with Crippen LogP contribution in [-0.2, 0) is 17.9 Å². The molecule has 1 aliphatic heterocycles. The van der Waals surface area contributed by atoms with E-state index in [9.17, 15) is 4.79 Å². The van der Waals surface area contributed by atoms with E-state index in [4.69, 9.17) is 4.98 Å². The van der Waals surface area contributed by atoms with Gasteiger partial charge in [-0.05, 0) is 36.5 Å². The number of benzene rings is 2. The quantitative estimate of drug-likeness (QED) is 0.749. The summed E-state index contributed by atoms with van der Waals surface area (Å²) in [5.74, 6) is 1.64. The van der Waals surface area contributed by atoms with Crippen LogP contribution in [0.15, 0.2) is 54.6 Å². The van der Waals surface area contributed by atoms with Crippen LogP contribution >= 0.6 is 0 Å². The first-order chi connectivity index (χ1) is 13.2. The Balaban J connectivity index is 1.55. The van der Waals surface area contributed by atoms with Crippen molar-refractivity contribution in [2.45, 2.75) is 32.9 Å². The van der Waals surface area contributed by atoms with Gasteiger partial charge in [-0.25, -0.2) is 4.98 Å². The zero-order chi connectivity index (χ0) is 18.6. The number of likely N-dealkylation sites (tertiary alicyclic amines) is 1. The van der Waals surface area contributed by atoms with Gasteiger partial charge in [0.25, 0.3) is 0 Å². The lowest BCUT2D eigenvalue weighted by Gasteiger charge is -2.30. The summed E-state index contributed by atoms with van der Waals surface area (Å²) in [4.78, 5) is 19.6. The Kier molecular flexibility index (Phi) is 5.10. The van der Waals surface area contributed by atoms with E-state index in [1.54, 1.807) is 0 Å². The van der Waals surface area contributed by atoms with Gasteiger partial charge in [-0.3, -0.25) is 4.79 Å². The van der Waals surface area contributed by atoms with Gasteiger partial charge in [0.2, 0.25) is 11.9 Å². The summed E-state index contributed by atoms with van der Waals surface area (Å²) in [6, 6.07) is 18.2. The molecular weight excluding hydrogens is 336 g/mol. The van der Waals surface area contributed by atoms with Gasteiger partial charge in [-0.15, -0.1) is 0 Å². The van der Waals surface area contributed by atoms with Crippen LogP contribution in [0.1, 0.15) is 25.3 Å². The maximum Gasteiger partial charge on any atom is 0.242 e. The molecular formula is C22H26N4O. The lowest BCUT2D eigenvalue weighted by atomic mass is 9.99. The van der Waals surface area contributed by atoms with Crippen molar-refractivity contribution in [2.75, 3.05) is 18.4 Å². The Morgan fingerprint density at radius 1 is 1.07 bits per heavy atom. The minimum atomic E-state index is 0.174. The molecule has 140 valence electrons. The SMILES string of the molecule is CC1CCN(C(=O)Cn2c(NCc3ccccc3)nc3ccccc32)CC1. The molecule has 5 nitrogen and oxygen atoms in total. The van der Waals surface area contributed by atoms with E-state index in [2.05, 4.69) is 24.4 Å². The third-order valence-corrected chi connectivity index (χ3v) is 5.38. The zero-order valence-corrected chi connectivity index (χ0v) is 15.8. The normalized spacial score (nSPS) is 15.2. The maximum absolute atomic E-state index is 12.9. The van der Waals surface area contributed by atoms with Gasteiger partial charge in [0.1, 0.15) is 6.54 Å². The molecule has 0 atom stereocenters. The molecule has 1 fully saturated rings. The van der Waals surface area contributed by atoms with Crippen LogP contribution in [-0.4, -0.2) is 33.4 Å². The van der Waals surface area contributed by atoms with Crippen molar-refractivity contribution < 1.29 is 4.79 Å². The highest BCUT2D eigenvalue weighted by molar-refractivity contribution is 5.83. The summed E-state index contributed by atoms with van der Waals surface area (Å²) in [5, 5.41) is 3.42. The number of nitrogens with one attached hydrogen (secondary N) is 1. The molecule has 0 aliphatic carbocycles. The third-order valence-electron chi connectivity index (χ3n) is 5.38. The Bertz CT molecular complexity index is 910. The molecule has 0 saturated carbocycles. The average Bonchev–Trinajstić information content (AvgIpc) is 3.05. The minimum absolute atomic E-state index is 0.174. The molecule has 0 bridgehead atoms. The van der Waals surface area contributed by atoms with Crippen molar-refractivity contribution in [1.29, 1.82) is 0 Å². The van der Waals surface area contributed by atoms with Crippen molar-refractivity contribution in [3.05, 3.63) is 60.2 Å². The van der Waals surface area contributed by atoms with Crippen molar-refractivity contribution in [2.24, 2.45) is 5.92 Å². The van der Waals surface area contributed by atoms with Gasteiger partial charge < -0.3 is 14.8 Å². The highest BCUT2D eigenvalue weighted by Crippen LogP contribution is 2.22. The third kappa shape index (κ3) is 3.97. The summed E-state index contributed by atoms with van der Waals surface area (Å²) in [7, 11) is 0. The van der Waals surface area contributed by atoms with Crippen LogP contribution in [0.5, 0.6) is 0 Å². The molecule has 1 amide bonds. The van der Waals surface area contributed by atoms with E-state index < -0.39 is 0 Å². The number of piperidine rings is 1. The van der Waals surface area contributed by atoms with Crippen LogP contribution in [0.3, 0.4) is 0 Å². The van der Waals surface area contributed by atoms with E-state index in [0.717, 1.165) is 42.9 Å². The zero-order valence-electron chi connectivity index (χ0n) is 15.8. The van der Waals surface area contributed by atoms with E-state index in [-0.39, 0.29) is 5.91 Å². The molecule has 0 unspecified atom stereocenters. The maximum atomic E-state index is 12.9. The number of nitrogens with zero attached hydrogens (tertiary/aromatic N) is 3. The molecule has 0 spiro atoms. The van der Waals surface area contributed by atoms with Crippen molar-refractivity contribution >= 4 is 22.9 Å². The molecule has 27 heavy (non-hydrogen) atoms. The number of para-hydroxylation sites is 2. The number of hydrogen-bond donors (Lipinski definition) is 1. The summed E-state index contributed by atoms with van der Waals surface area (Å²) >= 11 is 0. The number of carbonyl (C=O) groups is 1. The lowest BCUT2D eigenvalue weighted by molar-refractivity contribution is -0.133. The lowest BCUT2D eigenvalue weighted by Crippen LogP contribution is -2.39. The van der Waals surface area contributed by atoms with Crippen LogP contribution in [0.25, 0.3) is 11.0 Å². The predicted octanol–water partition coefficient (Wildman–Crippen LogP) is 3.91.